The minimum absolute atomic E-state index is 0.103. The molecular weight excluding hydrogens is 434 g/mol. The van der Waals surface area contributed by atoms with Gasteiger partial charge < -0.3 is 24.3 Å². The first-order valence-corrected chi connectivity index (χ1v) is 10.6. The smallest absolute Gasteiger partial charge is 0.293 e. The zero-order valence-corrected chi connectivity index (χ0v) is 18.8. The largest absolute Gasteiger partial charge is 0.480 e. The highest BCUT2D eigenvalue weighted by atomic mass is 35.5. The van der Waals surface area contributed by atoms with E-state index >= 15 is 0 Å². The van der Waals surface area contributed by atoms with Crippen LogP contribution in [0.4, 0.5) is 17.5 Å². The van der Waals surface area contributed by atoms with Crippen LogP contribution in [0.1, 0.15) is 13.8 Å². The van der Waals surface area contributed by atoms with Crippen LogP contribution in [0.5, 0.6) is 5.75 Å². The number of carbonyl (C=O) groups is 1. The van der Waals surface area contributed by atoms with E-state index in [0.29, 0.717) is 36.5 Å². The molecule has 3 heterocycles. The van der Waals surface area contributed by atoms with E-state index in [0.717, 1.165) is 16.6 Å². The van der Waals surface area contributed by atoms with E-state index in [9.17, 15) is 9.59 Å². The van der Waals surface area contributed by atoms with E-state index in [-0.39, 0.29) is 29.8 Å². The first-order chi connectivity index (χ1) is 15.3. The number of nitrogens with zero attached hydrogens (tertiary/aromatic N) is 4. The predicted molar refractivity (Wildman–Crippen MR) is 123 cm³/mol. The van der Waals surface area contributed by atoms with Crippen molar-refractivity contribution in [2.75, 3.05) is 36.5 Å². The first kappa shape index (κ1) is 22.0. The molecule has 2 aromatic heterocycles. The molecule has 3 aromatic rings. The van der Waals surface area contributed by atoms with Gasteiger partial charge in [0.05, 0.1) is 24.4 Å². The predicted octanol–water partition coefficient (Wildman–Crippen LogP) is 2.92. The Kier molecular flexibility index (Phi) is 6.29. The van der Waals surface area contributed by atoms with Gasteiger partial charge in [-0.2, -0.15) is 4.98 Å². The van der Waals surface area contributed by atoms with Crippen LogP contribution in [0.25, 0.3) is 10.9 Å². The highest BCUT2D eigenvalue weighted by Crippen LogP contribution is 2.28. The average molecular weight is 458 g/mol. The quantitative estimate of drug-likeness (QED) is 0.603. The minimum atomic E-state index is -0.303. The Balaban J connectivity index is 1.64. The maximum Gasteiger partial charge on any atom is 0.293 e. The lowest BCUT2D eigenvalue weighted by Crippen LogP contribution is -2.42. The van der Waals surface area contributed by atoms with Gasteiger partial charge in [0.25, 0.3) is 5.56 Å². The number of carbonyl (C=O) groups excluding carboxylic acids is 1. The number of morpholine rings is 1. The molecule has 0 radical (unpaired) electrons. The number of halogens is 1. The molecule has 0 spiro atoms. The normalized spacial score (nSPS) is 16.2. The Morgan fingerprint density at radius 3 is 2.94 bits per heavy atom. The third-order valence-electron chi connectivity index (χ3n) is 5.14. The van der Waals surface area contributed by atoms with Crippen LogP contribution in [0.3, 0.4) is 0 Å². The lowest BCUT2D eigenvalue weighted by Gasteiger charge is -2.31. The monoisotopic (exact) mass is 457 g/mol. The van der Waals surface area contributed by atoms with Crippen LogP contribution >= 0.6 is 11.6 Å². The van der Waals surface area contributed by atoms with Crippen molar-refractivity contribution in [3.05, 3.63) is 45.8 Å². The molecule has 0 aliphatic carbocycles. The van der Waals surface area contributed by atoms with E-state index in [2.05, 4.69) is 20.2 Å². The van der Waals surface area contributed by atoms with Crippen LogP contribution in [0, 0.1) is 0 Å². The Morgan fingerprint density at radius 1 is 1.38 bits per heavy atom. The summed E-state index contributed by atoms with van der Waals surface area (Å²) in [5, 5.41) is 4.39. The van der Waals surface area contributed by atoms with Gasteiger partial charge in [0, 0.05) is 31.2 Å². The number of aryl methyl sites for hydroxylation is 1. The summed E-state index contributed by atoms with van der Waals surface area (Å²) in [6, 6.07) is 7.17. The van der Waals surface area contributed by atoms with Crippen molar-refractivity contribution in [1.29, 1.82) is 0 Å². The van der Waals surface area contributed by atoms with Crippen LogP contribution < -0.4 is 20.5 Å². The summed E-state index contributed by atoms with van der Waals surface area (Å²) < 4.78 is 12.5. The molecule has 1 aromatic carbocycles. The number of rotatable bonds is 6. The third-order valence-corrected chi connectivity index (χ3v) is 5.42. The topological polar surface area (TPSA) is 98.6 Å². The lowest BCUT2D eigenvalue weighted by molar-refractivity contribution is -0.118. The van der Waals surface area contributed by atoms with Crippen LogP contribution in [0.15, 0.2) is 35.3 Å². The summed E-state index contributed by atoms with van der Waals surface area (Å²) >= 11 is 6.35. The molecule has 1 unspecified atom stereocenters. The Hall–Kier alpha value is -3.17. The molecule has 1 saturated heterocycles. The molecule has 4 rings (SSSR count). The number of fused-ring (bicyclic) bond motifs is 1. The summed E-state index contributed by atoms with van der Waals surface area (Å²) in [5.41, 5.74) is 1.16. The fourth-order valence-electron chi connectivity index (χ4n) is 3.55. The molecule has 0 amide bonds. The maximum absolute atomic E-state index is 12.5. The van der Waals surface area contributed by atoms with Gasteiger partial charge in [-0.25, -0.2) is 4.98 Å². The van der Waals surface area contributed by atoms with Crippen LogP contribution in [-0.4, -0.2) is 52.7 Å². The second kappa shape index (κ2) is 9.13. The maximum atomic E-state index is 12.5. The SMILES string of the molecule is CC(=O)COc1cc2cc(Nc3nc(N4CCOC(C)C4)ncc3Cl)ccc2n(C)c1=O. The number of nitrogens with one attached hydrogen (secondary N) is 1. The van der Waals surface area contributed by atoms with E-state index in [1.807, 2.05) is 25.1 Å². The third kappa shape index (κ3) is 4.68. The fourth-order valence-corrected chi connectivity index (χ4v) is 3.69. The van der Waals surface area contributed by atoms with Crippen molar-refractivity contribution in [1.82, 2.24) is 14.5 Å². The Bertz CT molecular complexity index is 1230. The van der Waals surface area contributed by atoms with Gasteiger partial charge in [0.2, 0.25) is 5.95 Å². The van der Waals surface area contributed by atoms with Gasteiger partial charge in [-0.15, -0.1) is 0 Å². The standard InChI is InChI=1S/C22H24ClN5O4/c1-13(29)12-32-19-9-15-8-16(4-5-18(15)27(3)21(19)30)25-20-17(23)10-24-22(26-20)28-6-7-31-14(2)11-28/h4-5,8-10,14H,6-7,11-12H2,1-3H3,(H,24,25,26). The van der Waals surface area contributed by atoms with E-state index in [4.69, 9.17) is 21.1 Å². The van der Waals surface area contributed by atoms with Crippen molar-refractivity contribution >= 4 is 45.7 Å². The van der Waals surface area contributed by atoms with E-state index in [1.165, 1.54) is 11.5 Å². The van der Waals surface area contributed by atoms with E-state index < -0.39 is 0 Å². The average Bonchev–Trinajstić information content (AvgIpc) is 2.76. The number of hydrogen-bond acceptors (Lipinski definition) is 8. The van der Waals surface area contributed by atoms with Crippen molar-refractivity contribution in [2.24, 2.45) is 7.05 Å². The molecule has 32 heavy (non-hydrogen) atoms. The minimum Gasteiger partial charge on any atom is -0.480 e. The first-order valence-electron chi connectivity index (χ1n) is 10.2. The molecule has 1 aliphatic heterocycles. The second-order valence-electron chi connectivity index (χ2n) is 7.76. The molecule has 1 N–H and O–H groups in total. The Labute approximate surface area is 189 Å². The summed E-state index contributed by atoms with van der Waals surface area (Å²) in [4.78, 5) is 34.8. The van der Waals surface area contributed by atoms with Crippen molar-refractivity contribution in [2.45, 2.75) is 20.0 Å². The number of hydrogen-bond donors (Lipinski definition) is 1. The number of ether oxygens (including phenoxy) is 2. The van der Waals surface area contributed by atoms with Gasteiger partial charge in [-0.3, -0.25) is 9.59 Å². The van der Waals surface area contributed by atoms with Crippen molar-refractivity contribution < 1.29 is 14.3 Å². The summed E-state index contributed by atoms with van der Waals surface area (Å²) in [6.45, 7) is 5.29. The van der Waals surface area contributed by atoms with Gasteiger partial charge in [-0.1, -0.05) is 11.6 Å². The number of Topliss-reactive ketones (excluding diaryl/α,β-unsaturated/α-hetero) is 1. The molecule has 1 atom stereocenters. The lowest BCUT2D eigenvalue weighted by atomic mass is 10.2. The molecule has 0 bridgehead atoms. The molecule has 0 saturated carbocycles. The van der Waals surface area contributed by atoms with Crippen molar-refractivity contribution in [3.63, 3.8) is 0 Å². The number of benzene rings is 1. The molecule has 1 fully saturated rings. The van der Waals surface area contributed by atoms with Crippen LogP contribution in [-0.2, 0) is 16.6 Å². The molecular formula is C22H24ClN5O4. The van der Waals surface area contributed by atoms with Gasteiger partial charge >= 0.3 is 0 Å². The number of anilines is 3. The summed E-state index contributed by atoms with van der Waals surface area (Å²) in [7, 11) is 1.66. The van der Waals surface area contributed by atoms with Crippen LogP contribution in [0.2, 0.25) is 5.02 Å². The summed E-state index contributed by atoms with van der Waals surface area (Å²) in [6.07, 6.45) is 1.68. The van der Waals surface area contributed by atoms with Crippen molar-refractivity contribution in [3.8, 4) is 5.75 Å². The highest BCUT2D eigenvalue weighted by molar-refractivity contribution is 6.32. The molecule has 10 heteroatoms. The van der Waals surface area contributed by atoms with E-state index in [1.54, 1.807) is 19.3 Å². The molecule has 9 nitrogen and oxygen atoms in total. The zero-order chi connectivity index (χ0) is 22.8. The zero-order valence-electron chi connectivity index (χ0n) is 18.1. The summed E-state index contributed by atoms with van der Waals surface area (Å²) in [5.74, 6) is 1.02. The number of pyridine rings is 1. The second-order valence-corrected chi connectivity index (χ2v) is 8.16. The van der Waals surface area contributed by atoms with Gasteiger partial charge in [0.1, 0.15) is 11.6 Å². The number of aromatic nitrogens is 3. The Morgan fingerprint density at radius 2 is 2.19 bits per heavy atom. The fraction of sp³-hybridized carbons (Fsp3) is 0.364. The molecule has 168 valence electrons. The van der Waals surface area contributed by atoms with Gasteiger partial charge in [0.15, 0.2) is 17.4 Å². The number of ketones is 1. The molecule has 1 aliphatic rings. The highest BCUT2D eigenvalue weighted by Gasteiger charge is 2.20. The van der Waals surface area contributed by atoms with Gasteiger partial charge in [-0.05, 0) is 38.1 Å².